The van der Waals surface area contributed by atoms with Crippen molar-refractivity contribution in [3.63, 3.8) is 0 Å². The summed E-state index contributed by atoms with van der Waals surface area (Å²) in [5.41, 5.74) is 5.28. The van der Waals surface area contributed by atoms with Crippen LogP contribution in [0.1, 0.15) is 17.0 Å². The van der Waals surface area contributed by atoms with Gasteiger partial charge >= 0.3 is 0 Å². The highest BCUT2D eigenvalue weighted by molar-refractivity contribution is 6.65. The van der Waals surface area contributed by atoms with Crippen molar-refractivity contribution >= 4 is 26.5 Å². The molecule has 0 saturated carbocycles. The summed E-state index contributed by atoms with van der Waals surface area (Å²) < 4.78 is 0. The van der Waals surface area contributed by atoms with Gasteiger partial charge in [0.1, 0.15) is 0 Å². The molecule has 0 saturated heterocycles. The van der Waals surface area contributed by atoms with Gasteiger partial charge in [0.25, 0.3) is 0 Å². The maximum Gasteiger partial charge on any atom is 0.0987 e. The lowest BCUT2D eigenvalue weighted by molar-refractivity contribution is 0.722. The van der Waals surface area contributed by atoms with Crippen LogP contribution in [0.2, 0.25) is 13.1 Å². The number of hydrogen-bond donors (Lipinski definition) is 0. The highest BCUT2D eigenvalue weighted by atomic mass is 35.5. The molecule has 1 aromatic rings. The predicted molar refractivity (Wildman–Crippen MR) is 99.1 cm³/mol. The Morgan fingerprint density at radius 1 is 1.09 bits per heavy atom. The minimum absolute atomic E-state index is 0.207. The van der Waals surface area contributed by atoms with Crippen molar-refractivity contribution in [1.29, 1.82) is 0 Å². The molecule has 2 heteroatoms. The molecule has 0 heterocycles. The average Bonchev–Trinajstić information content (AvgIpc) is 3.12. The van der Waals surface area contributed by atoms with Crippen LogP contribution in [0.25, 0.3) is 6.08 Å². The van der Waals surface area contributed by atoms with Crippen molar-refractivity contribution in [1.82, 2.24) is 0 Å². The van der Waals surface area contributed by atoms with Crippen LogP contribution in [-0.4, -0.2) is 13.7 Å². The summed E-state index contributed by atoms with van der Waals surface area (Å²) in [6.45, 7) is 4.75. The molecular weight excluding hydrogens is 304 g/mol. The summed E-state index contributed by atoms with van der Waals surface area (Å²) in [6, 6.07) is 8.57. The normalized spacial score (nSPS) is 28.4. The van der Waals surface area contributed by atoms with Crippen molar-refractivity contribution in [2.75, 3.05) is 0 Å². The van der Waals surface area contributed by atoms with Crippen LogP contribution in [0.3, 0.4) is 0 Å². The fourth-order valence-corrected chi connectivity index (χ4v) is 5.58. The summed E-state index contributed by atoms with van der Waals surface area (Å²) in [4.78, 5) is -0.464. The summed E-state index contributed by atoms with van der Waals surface area (Å²) in [5, 5.41) is 1.53. The number of rotatable bonds is 2. The Kier molecular flexibility index (Phi) is 3.17. The highest BCUT2D eigenvalue weighted by Gasteiger charge is 2.44. The molecule has 22 heavy (non-hydrogen) atoms. The van der Waals surface area contributed by atoms with Crippen molar-refractivity contribution in [2.24, 2.45) is 0 Å². The van der Waals surface area contributed by atoms with Gasteiger partial charge in [0, 0.05) is 5.92 Å². The number of allylic oxidation sites excluding steroid dienone is 9. The van der Waals surface area contributed by atoms with E-state index in [9.17, 15) is 0 Å². The number of fused-ring (bicyclic) bond motifs is 2. The Labute approximate surface area is 138 Å². The van der Waals surface area contributed by atoms with E-state index in [4.69, 9.17) is 11.6 Å². The van der Waals surface area contributed by atoms with Crippen LogP contribution in [-0.2, 0) is 0 Å². The molecule has 0 nitrogen and oxygen atoms in total. The predicted octanol–water partition coefficient (Wildman–Crippen LogP) is 5.16. The van der Waals surface area contributed by atoms with Gasteiger partial charge in [0.15, 0.2) is 0 Å². The van der Waals surface area contributed by atoms with Gasteiger partial charge < -0.3 is 0 Å². The minimum atomic E-state index is -0.846. The summed E-state index contributed by atoms with van der Waals surface area (Å²) >= 11 is 7.22. The average molecular weight is 323 g/mol. The Morgan fingerprint density at radius 2 is 1.91 bits per heavy atom. The molecule has 0 aliphatic heterocycles. The van der Waals surface area contributed by atoms with Crippen LogP contribution in [0.5, 0.6) is 0 Å². The van der Waals surface area contributed by atoms with E-state index in [1.807, 2.05) is 0 Å². The molecule has 0 bridgehead atoms. The number of benzene rings is 1. The second-order valence-electron chi connectivity index (χ2n) is 6.53. The van der Waals surface area contributed by atoms with E-state index >= 15 is 0 Å². The van der Waals surface area contributed by atoms with Gasteiger partial charge in [-0.25, -0.2) is 0 Å². The fourth-order valence-electron chi connectivity index (χ4n) is 3.79. The monoisotopic (exact) mass is 322 g/mol. The van der Waals surface area contributed by atoms with Crippen LogP contribution in [0.4, 0.5) is 0 Å². The van der Waals surface area contributed by atoms with Crippen LogP contribution >= 0.6 is 11.6 Å². The van der Waals surface area contributed by atoms with E-state index in [-0.39, 0.29) is 5.92 Å². The number of halogens is 1. The number of alkyl halides is 1. The second kappa shape index (κ2) is 4.97. The maximum atomic E-state index is 7.22. The Bertz CT molecular complexity index is 792. The first-order valence-corrected chi connectivity index (χ1v) is 11.2. The van der Waals surface area contributed by atoms with E-state index < -0.39 is 13.7 Å². The zero-order valence-electron chi connectivity index (χ0n) is 12.9. The molecule has 110 valence electrons. The lowest BCUT2D eigenvalue weighted by Crippen LogP contribution is -2.31. The quantitative estimate of drug-likeness (QED) is 0.521. The summed E-state index contributed by atoms with van der Waals surface area (Å²) in [6.07, 6.45) is 15.6. The Hall–Kier alpha value is -1.57. The van der Waals surface area contributed by atoms with Gasteiger partial charge in [-0.15, -0.1) is 11.6 Å². The van der Waals surface area contributed by atoms with E-state index in [1.54, 1.807) is 0 Å². The standard InChI is InChI=1S/C20H19ClSi/c1-22(2)19-12-11-18-16(19)8-5-13-20(18,21)17-10-9-14-6-3-4-7-15(14)17/h3-13,17,22H,1-2H3/t17-,20?/m1/s1. The van der Waals surface area contributed by atoms with Crippen molar-refractivity contribution in [3.8, 4) is 0 Å². The van der Waals surface area contributed by atoms with Crippen molar-refractivity contribution < 1.29 is 0 Å². The van der Waals surface area contributed by atoms with E-state index in [1.165, 1.54) is 27.5 Å². The van der Waals surface area contributed by atoms with Crippen LogP contribution < -0.4 is 0 Å². The third kappa shape index (κ3) is 1.89. The summed E-state index contributed by atoms with van der Waals surface area (Å²) in [5.74, 6) is 0.207. The van der Waals surface area contributed by atoms with Crippen molar-refractivity contribution in [2.45, 2.75) is 23.9 Å². The third-order valence-corrected chi connectivity index (χ3v) is 7.23. The minimum Gasteiger partial charge on any atom is -0.108 e. The molecule has 0 amide bonds. The smallest absolute Gasteiger partial charge is 0.0987 e. The lowest BCUT2D eigenvalue weighted by atomic mass is 9.77. The van der Waals surface area contributed by atoms with Gasteiger partial charge in [-0.05, 0) is 22.3 Å². The molecule has 0 radical (unpaired) electrons. The highest BCUT2D eigenvalue weighted by Crippen LogP contribution is 2.52. The second-order valence-corrected chi connectivity index (χ2v) is 10.1. The van der Waals surface area contributed by atoms with Gasteiger partial charge in [-0.2, -0.15) is 0 Å². The fraction of sp³-hybridized carbons (Fsp3) is 0.200. The molecule has 3 aliphatic carbocycles. The zero-order valence-corrected chi connectivity index (χ0v) is 14.8. The first kappa shape index (κ1) is 14.0. The molecule has 1 unspecified atom stereocenters. The molecule has 3 aliphatic rings. The molecule has 2 atom stereocenters. The molecule has 0 N–H and O–H groups in total. The van der Waals surface area contributed by atoms with Gasteiger partial charge in [-0.1, -0.05) is 85.1 Å². The first-order valence-electron chi connectivity index (χ1n) is 7.90. The van der Waals surface area contributed by atoms with Crippen LogP contribution in [0.15, 0.2) is 77.1 Å². The Morgan fingerprint density at radius 3 is 2.73 bits per heavy atom. The van der Waals surface area contributed by atoms with Gasteiger partial charge in [0.05, 0.1) is 13.7 Å². The molecule has 1 aromatic carbocycles. The topological polar surface area (TPSA) is 0 Å². The largest absolute Gasteiger partial charge is 0.108 e. The first-order chi connectivity index (χ1) is 10.6. The Balaban J connectivity index is 1.78. The molecule has 0 aromatic heterocycles. The lowest BCUT2D eigenvalue weighted by Gasteiger charge is -2.35. The van der Waals surface area contributed by atoms with E-state index in [0.717, 1.165) is 0 Å². The van der Waals surface area contributed by atoms with Crippen LogP contribution in [0, 0.1) is 0 Å². The maximum absolute atomic E-state index is 7.22. The molecule has 0 spiro atoms. The third-order valence-electron chi connectivity index (χ3n) is 4.92. The molecular formula is C20H19ClSi. The van der Waals surface area contributed by atoms with Gasteiger partial charge in [0.2, 0.25) is 0 Å². The van der Waals surface area contributed by atoms with E-state index in [0.29, 0.717) is 0 Å². The van der Waals surface area contributed by atoms with Crippen molar-refractivity contribution in [3.05, 3.63) is 88.2 Å². The van der Waals surface area contributed by atoms with Gasteiger partial charge in [-0.3, -0.25) is 0 Å². The SMILES string of the molecule is C[SiH](C)C1=CC=C2C1=CC=CC2(Cl)[C@@H]1C=Cc2ccccc21. The summed E-state index contributed by atoms with van der Waals surface area (Å²) in [7, 11) is -0.846. The van der Waals surface area contributed by atoms with E-state index in [2.05, 4.69) is 79.9 Å². The zero-order chi connectivity index (χ0) is 15.3. The molecule has 0 fully saturated rings. The number of hydrogen-bond acceptors (Lipinski definition) is 0. The molecule has 4 rings (SSSR count).